The van der Waals surface area contributed by atoms with Gasteiger partial charge in [-0.1, -0.05) is 23.3 Å². The molecule has 184 valence electrons. The van der Waals surface area contributed by atoms with Crippen molar-refractivity contribution in [2.24, 2.45) is 0 Å². The summed E-state index contributed by atoms with van der Waals surface area (Å²) in [4.78, 5) is 27.0. The lowest BCUT2D eigenvalue weighted by Crippen LogP contribution is -2.48. The van der Waals surface area contributed by atoms with Crippen molar-refractivity contribution in [3.8, 4) is 5.69 Å². The number of piperazine rings is 1. The number of likely N-dealkylation sites (N-methyl/N-ethyl adjacent to an activating group) is 1. The Kier molecular flexibility index (Phi) is 6.83. The molecule has 12 heteroatoms. The van der Waals surface area contributed by atoms with E-state index in [-0.39, 0.29) is 18.0 Å². The van der Waals surface area contributed by atoms with Gasteiger partial charge in [0.05, 0.1) is 17.4 Å². The minimum Gasteiger partial charge on any atom is -0.337 e. The van der Waals surface area contributed by atoms with Gasteiger partial charge in [-0.2, -0.15) is 4.68 Å². The summed E-state index contributed by atoms with van der Waals surface area (Å²) in [6, 6.07) is 9.95. The first-order valence-corrected chi connectivity index (χ1v) is 12.5. The third kappa shape index (κ3) is 4.56. The quantitative estimate of drug-likeness (QED) is 0.398. The van der Waals surface area contributed by atoms with Crippen LogP contribution in [0.3, 0.4) is 0 Å². The first-order chi connectivity index (χ1) is 16.7. The van der Waals surface area contributed by atoms with E-state index in [4.69, 9.17) is 0 Å². The molecule has 1 aromatic carbocycles. The molecular formula is C23H28ClN9OS. The number of fused-ring (bicyclic) bond motifs is 3. The molecule has 6 rings (SSSR count). The van der Waals surface area contributed by atoms with Crippen molar-refractivity contribution >= 4 is 39.9 Å². The topological polar surface area (TPSA) is 88.2 Å². The van der Waals surface area contributed by atoms with Crippen LogP contribution in [0.5, 0.6) is 0 Å². The standard InChI is InChI=1S/C23H27N9OS.ClH/c1-28-8-7-18-19(15-28)34-21-20(18)22(33)31(16-24-21)14-11-29-9-12-30(13-10-29)23-25-26-27-32(23)17-5-3-2-4-6-17;/h2-6,16H,7-15H2,1H3;1H. The molecule has 5 heterocycles. The predicted molar refractivity (Wildman–Crippen MR) is 139 cm³/mol. The van der Waals surface area contributed by atoms with Crippen molar-refractivity contribution in [2.75, 3.05) is 51.2 Å². The molecule has 0 bridgehead atoms. The lowest BCUT2D eigenvalue weighted by molar-refractivity contribution is 0.245. The smallest absolute Gasteiger partial charge is 0.262 e. The SMILES string of the molecule is CN1CCc2c(sc3ncn(CCN4CCN(c5nnnn5-c5ccccc5)CC4)c(=O)c23)C1.Cl. The summed E-state index contributed by atoms with van der Waals surface area (Å²) in [5.74, 6) is 0.768. The molecule has 4 aromatic rings. The van der Waals surface area contributed by atoms with Gasteiger partial charge in [0.2, 0.25) is 5.95 Å². The van der Waals surface area contributed by atoms with Crippen LogP contribution in [0, 0.1) is 0 Å². The Morgan fingerprint density at radius 2 is 1.83 bits per heavy atom. The fourth-order valence-corrected chi connectivity index (χ4v) is 6.10. The van der Waals surface area contributed by atoms with Gasteiger partial charge in [-0.25, -0.2) is 4.98 Å². The van der Waals surface area contributed by atoms with Crippen molar-refractivity contribution in [1.82, 2.24) is 39.6 Å². The van der Waals surface area contributed by atoms with E-state index in [0.717, 1.165) is 74.1 Å². The van der Waals surface area contributed by atoms with E-state index in [9.17, 15) is 4.79 Å². The van der Waals surface area contributed by atoms with Crippen molar-refractivity contribution in [3.63, 3.8) is 0 Å². The largest absolute Gasteiger partial charge is 0.337 e. The summed E-state index contributed by atoms with van der Waals surface area (Å²) >= 11 is 1.67. The van der Waals surface area contributed by atoms with E-state index in [2.05, 4.69) is 42.3 Å². The molecule has 0 spiro atoms. The Morgan fingerprint density at radius 1 is 1.03 bits per heavy atom. The molecule has 0 saturated carbocycles. The van der Waals surface area contributed by atoms with Gasteiger partial charge in [0.25, 0.3) is 5.56 Å². The van der Waals surface area contributed by atoms with Crippen molar-refractivity contribution in [3.05, 3.63) is 57.5 Å². The molecule has 0 aliphatic carbocycles. The van der Waals surface area contributed by atoms with Gasteiger partial charge in [-0.15, -0.1) is 23.7 Å². The molecule has 3 aromatic heterocycles. The maximum absolute atomic E-state index is 13.3. The van der Waals surface area contributed by atoms with Crippen LogP contribution in [-0.2, 0) is 19.5 Å². The van der Waals surface area contributed by atoms with Crippen LogP contribution in [0.4, 0.5) is 5.95 Å². The zero-order valence-electron chi connectivity index (χ0n) is 19.6. The van der Waals surface area contributed by atoms with Gasteiger partial charge in [-0.05, 0) is 41.6 Å². The maximum atomic E-state index is 13.3. The molecule has 2 aliphatic heterocycles. The van der Waals surface area contributed by atoms with Crippen LogP contribution < -0.4 is 10.5 Å². The summed E-state index contributed by atoms with van der Waals surface area (Å²) in [6.45, 7) is 6.83. The first-order valence-electron chi connectivity index (χ1n) is 11.7. The number of nitrogens with zero attached hydrogens (tertiary/aromatic N) is 9. The molecule has 2 aliphatic rings. The summed E-state index contributed by atoms with van der Waals surface area (Å²) in [5.41, 5.74) is 2.27. The molecule has 0 radical (unpaired) electrons. The number of aromatic nitrogens is 6. The van der Waals surface area contributed by atoms with Crippen LogP contribution in [0.15, 0.2) is 41.5 Å². The molecular weight excluding hydrogens is 486 g/mol. The second-order valence-corrected chi connectivity index (χ2v) is 10.1. The Morgan fingerprint density at radius 3 is 2.63 bits per heavy atom. The molecule has 10 nitrogen and oxygen atoms in total. The molecule has 35 heavy (non-hydrogen) atoms. The Bertz CT molecular complexity index is 1360. The lowest BCUT2D eigenvalue weighted by atomic mass is 10.1. The molecule has 1 fully saturated rings. The van der Waals surface area contributed by atoms with Gasteiger partial charge in [0.1, 0.15) is 4.83 Å². The van der Waals surface area contributed by atoms with E-state index >= 15 is 0 Å². The number of tetrazole rings is 1. The highest BCUT2D eigenvalue weighted by Crippen LogP contribution is 2.31. The summed E-state index contributed by atoms with van der Waals surface area (Å²) in [7, 11) is 2.13. The molecule has 0 unspecified atom stereocenters. The minimum absolute atomic E-state index is 0. The van der Waals surface area contributed by atoms with Crippen LogP contribution in [0.1, 0.15) is 10.4 Å². The van der Waals surface area contributed by atoms with Gasteiger partial charge < -0.3 is 9.80 Å². The molecule has 0 atom stereocenters. The molecule has 1 saturated heterocycles. The number of rotatable bonds is 5. The van der Waals surface area contributed by atoms with Gasteiger partial charge in [0.15, 0.2) is 0 Å². The van der Waals surface area contributed by atoms with Crippen LogP contribution in [-0.4, -0.2) is 85.9 Å². The number of thiophene rings is 1. The lowest BCUT2D eigenvalue weighted by Gasteiger charge is -2.34. The molecule has 0 N–H and O–H groups in total. The normalized spacial score (nSPS) is 16.9. The number of para-hydroxylation sites is 1. The third-order valence-electron chi connectivity index (χ3n) is 6.78. The van der Waals surface area contributed by atoms with Crippen molar-refractivity contribution in [1.29, 1.82) is 0 Å². The van der Waals surface area contributed by atoms with Crippen LogP contribution in [0.2, 0.25) is 0 Å². The first kappa shape index (κ1) is 23.9. The fraction of sp³-hybridized carbons (Fsp3) is 0.435. The monoisotopic (exact) mass is 513 g/mol. The maximum Gasteiger partial charge on any atom is 0.262 e. The van der Waals surface area contributed by atoms with Gasteiger partial charge in [-0.3, -0.25) is 14.3 Å². The highest BCUT2D eigenvalue weighted by molar-refractivity contribution is 7.18. The second-order valence-electron chi connectivity index (χ2n) is 8.97. The number of hydrogen-bond acceptors (Lipinski definition) is 9. The summed E-state index contributed by atoms with van der Waals surface area (Å²) in [6.07, 6.45) is 2.65. The zero-order chi connectivity index (χ0) is 23.1. The van der Waals surface area contributed by atoms with Gasteiger partial charge >= 0.3 is 0 Å². The van der Waals surface area contributed by atoms with E-state index in [1.807, 2.05) is 30.3 Å². The number of halogens is 1. The summed E-state index contributed by atoms with van der Waals surface area (Å²) in [5, 5.41) is 13.2. The van der Waals surface area contributed by atoms with Crippen molar-refractivity contribution < 1.29 is 0 Å². The third-order valence-corrected chi connectivity index (χ3v) is 7.91. The Hall–Kier alpha value is -2.86. The fourth-order valence-electron chi connectivity index (χ4n) is 4.84. The Balaban J connectivity index is 0.00000253. The average Bonchev–Trinajstić information content (AvgIpc) is 3.49. The second kappa shape index (κ2) is 10.0. The van der Waals surface area contributed by atoms with E-state index in [1.54, 1.807) is 26.9 Å². The Labute approximate surface area is 213 Å². The van der Waals surface area contributed by atoms with E-state index in [0.29, 0.717) is 6.54 Å². The highest BCUT2D eigenvalue weighted by atomic mass is 35.5. The van der Waals surface area contributed by atoms with Crippen LogP contribution >= 0.6 is 23.7 Å². The van der Waals surface area contributed by atoms with Crippen molar-refractivity contribution in [2.45, 2.75) is 19.5 Å². The molecule has 0 amide bonds. The average molecular weight is 514 g/mol. The minimum atomic E-state index is 0. The zero-order valence-corrected chi connectivity index (χ0v) is 21.2. The summed E-state index contributed by atoms with van der Waals surface area (Å²) < 4.78 is 3.57. The highest BCUT2D eigenvalue weighted by Gasteiger charge is 2.24. The number of anilines is 1. The van der Waals surface area contributed by atoms with Gasteiger partial charge in [0, 0.05) is 57.2 Å². The van der Waals surface area contributed by atoms with E-state index < -0.39 is 0 Å². The van der Waals surface area contributed by atoms with E-state index in [1.165, 1.54) is 10.4 Å². The predicted octanol–water partition coefficient (Wildman–Crippen LogP) is 1.67. The number of hydrogen-bond donors (Lipinski definition) is 0. The van der Waals surface area contributed by atoms with Crippen LogP contribution in [0.25, 0.3) is 15.9 Å². The number of benzene rings is 1.